The maximum Gasteiger partial charge on any atom is 0.255 e. The fourth-order valence-electron chi connectivity index (χ4n) is 4.92. The molecular formula is C31H31F2NO3. The fraction of sp³-hybridized carbons (Fsp3) is 0.323. The first kappa shape index (κ1) is 25.0. The van der Waals surface area contributed by atoms with Crippen molar-refractivity contribution in [1.82, 2.24) is 4.90 Å². The van der Waals surface area contributed by atoms with Gasteiger partial charge in [0.2, 0.25) is 0 Å². The van der Waals surface area contributed by atoms with Gasteiger partial charge >= 0.3 is 0 Å². The average Bonchev–Trinajstić information content (AvgIpc) is 2.87. The van der Waals surface area contributed by atoms with Crippen LogP contribution in [-0.4, -0.2) is 47.9 Å². The molecule has 2 unspecified atom stereocenters. The van der Waals surface area contributed by atoms with E-state index in [4.69, 9.17) is 9.47 Å². The molecule has 37 heavy (non-hydrogen) atoms. The molecule has 1 aliphatic carbocycles. The van der Waals surface area contributed by atoms with Crippen LogP contribution >= 0.6 is 0 Å². The number of benzene rings is 3. The average molecular weight is 504 g/mol. The van der Waals surface area contributed by atoms with Crippen molar-refractivity contribution in [3.63, 3.8) is 0 Å². The quantitative estimate of drug-likeness (QED) is 0.382. The summed E-state index contributed by atoms with van der Waals surface area (Å²) in [6, 6.07) is 20.4. The molecule has 0 aromatic heterocycles. The third-order valence-corrected chi connectivity index (χ3v) is 6.65. The molecule has 0 N–H and O–H groups in total. The Hall–Kier alpha value is -3.67. The summed E-state index contributed by atoms with van der Waals surface area (Å²) < 4.78 is 40.3. The van der Waals surface area contributed by atoms with Gasteiger partial charge in [0.25, 0.3) is 5.91 Å². The molecule has 3 atom stereocenters. The summed E-state index contributed by atoms with van der Waals surface area (Å²) in [6.45, 7) is 6.37. The van der Waals surface area contributed by atoms with Crippen LogP contribution in [0.2, 0.25) is 0 Å². The standard InChI is InChI=1S/C31H31F2NO3/c1-31(2,3)37-25-13-11-24(12-14-25)36-19-23-15-21-16-28(32)29(33)17-22(21)18-34(23)30(35)27-10-6-8-20-7-4-5-9-26(20)27/h4-14,16-17,23,28-29H,15,18-19H2,1-3H3/t23-,28?,29?/m0/s1. The van der Waals surface area contributed by atoms with Crippen molar-refractivity contribution in [2.45, 2.75) is 51.2 Å². The number of nitrogens with zero attached hydrogens (tertiary/aromatic N) is 1. The van der Waals surface area contributed by atoms with E-state index in [9.17, 15) is 13.6 Å². The van der Waals surface area contributed by atoms with Crippen molar-refractivity contribution in [2.24, 2.45) is 0 Å². The smallest absolute Gasteiger partial charge is 0.255 e. The lowest BCUT2D eigenvalue weighted by Gasteiger charge is -2.40. The van der Waals surface area contributed by atoms with E-state index in [0.29, 0.717) is 23.3 Å². The van der Waals surface area contributed by atoms with Crippen LogP contribution in [0.3, 0.4) is 0 Å². The second-order valence-electron chi connectivity index (χ2n) is 10.6. The van der Waals surface area contributed by atoms with Gasteiger partial charge in [-0.3, -0.25) is 4.79 Å². The van der Waals surface area contributed by atoms with Gasteiger partial charge in [-0.2, -0.15) is 0 Å². The highest BCUT2D eigenvalue weighted by molar-refractivity contribution is 6.07. The predicted molar refractivity (Wildman–Crippen MR) is 142 cm³/mol. The number of carbonyl (C=O) groups is 1. The summed E-state index contributed by atoms with van der Waals surface area (Å²) >= 11 is 0. The van der Waals surface area contributed by atoms with E-state index in [1.807, 2.05) is 87.5 Å². The number of likely N-dealkylation sites (tertiary alicyclic amines) is 1. The number of rotatable bonds is 5. The Morgan fingerprint density at radius 3 is 2.27 bits per heavy atom. The molecule has 1 fully saturated rings. The van der Waals surface area contributed by atoms with Crippen LogP contribution in [0, 0.1) is 0 Å². The van der Waals surface area contributed by atoms with Gasteiger partial charge in [-0.15, -0.1) is 0 Å². The van der Waals surface area contributed by atoms with Gasteiger partial charge in [-0.05, 0) is 91.6 Å². The largest absolute Gasteiger partial charge is 0.491 e. The number of hydrogen-bond acceptors (Lipinski definition) is 3. The zero-order valence-corrected chi connectivity index (χ0v) is 21.3. The molecule has 1 amide bonds. The van der Waals surface area contributed by atoms with Crippen LogP contribution in [0.1, 0.15) is 37.6 Å². The zero-order chi connectivity index (χ0) is 26.2. The van der Waals surface area contributed by atoms with Crippen LogP contribution in [0.15, 0.2) is 90.0 Å². The Kier molecular flexibility index (Phi) is 6.76. The number of piperidine rings is 1. The molecule has 1 aliphatic heterocycles. The minimum atomic E-state index is -1.70. The fourth-order valence-corrected chi connectivity index (χ4v) is 4.92. The van der Waals surface area contributed by atoms with Gasteiger partial charge in [0, 0.05) is 12.1 Å². The molecule has 0 saturated carbocycles. The lowest BCUT2D eigenvalue weighted by atomic mass is 9.86. The molecular weight excluding hydrogens is 472 g/mol. The summed E-state index contributed by atoms with van der Waals surface area (Å²) in [7, 11) is 0. The maximum atomic E-state index is 14.2. The summed E-state index contributed by atoms with van der Waals surface area (Å²) in [5.41, 5.74) is 1.68. The number of carbonyl (C=O) groups excluding carboxylic acids is 1. The Morgan fingerprint density at radius 1 is 0.892 bits per heavy atom. The topological polar surface area (TPSA) is 38.8 Å². The van der Waals surface area contributed by atoms with Crippen molar-refractivity contribution >= 4 is 16.7 Å². The number of amides is 1. The second-order valence-corrected chi connectivity index (χ2v) is 10.6. The Balaban J connectivity index is 1.40. The van der Waals surface area contributed by atoms with Crippen molar-refractivity contribution in [2.75, 3.05) is 13.2 Å². The highest BCUT2D eigenvalue weighted by Gasteiger charge is 2.36. The molecule has 0 spiro atoms. The first-order valence-electron chi connectivity index (χ1n) is 12.6. The van der Waals surface area contributed by atoms with Gasteiger partial charge in [-0.1, -0.05) is 36.4 Å². The lowest BCUT2D eigenvalue weighted by molar-refractivity contribution is 0.0612. The molecule has 0 bridgehead atoms. The summed E-state index contributed by atoms with van der Waals surface area (Å²) in [6.07, 6.45) is -0.314. The van der Waals surface area contributed by atoms with E-state index in [1.54, 1.807) is 4.90 Å². The molecule has 4 nitrogen and oxygen atoms in total. The first-order valence-corrected chi connectivity index (χ1v) is 12.6. The number of alkyl halides is 2. The van der Waals surface area contributed by atoms with Gasteiger partial charge in [0.15, 0.2) is 12.3 Å². The SMILES string of the molecule is CC(C)(C)Oc1ccc(OC[C@@H]2CC3=CC(F)C(F)C=C3CN2C(=O)c2cccc3ccccc23)cc1. The number of halogens is 2. The number of allylic oxidation sites excluding steroid dienone is 2. The monoisotopic (exact) mass is 503 g/mol. The van der Waals surface area contributed by atoms with Crippen molar-refractivity contribution < 1.29 is 23.0 Å². The van der Waals surface area contributed by atoms with E-state index in [2.05, 4.69) is 0 Å². The molecule has 2 aliphatic rings. The second kappa shape index (κ2) is 10.0. The molecule has 1 heterocycles. The molecule has 1 saturated heterocycles. The van der Waals surface area contributed by atoms with E-state index < -0.39 is 12.3 Å². The number of ether oxygens (including phenoxy) is 2. The van der Waals surface area contributed by atoms with E-state index in [0.717, 1.165) is 22.1 Å². The third-order valence-electron chi connectivity index (χ3n) is 6.65. The van der Waals surface area contributed by atoms with Crippen LogP contribution in [0.25, 0.3) is 10.8 Å². The van der Waals surface area contributed by atoms with Gasteiger partial charge in [0.05, 0.1) is 6.04 Å². The highest BCUT2D eigenvalue weighted by atomic mass is 19.2. The first-order chi connectivity index (χ1) is 17.7. The van der Waals surface area contributed by atoms with E-state index >= 15 is 0 Å². The van der Waals surface area contributed by atoms with Crippen molar-refractivity contribution in [3.05, 3.63) is 95.6 Å². The van der Waals surface area contributed by atoms with Crippen LogP contribution in [0.5, 0.6) is 11.5 Å². The van der Waals surface area contributed by atoms with Gasteiger partial charge in [0.1, 0.15) is 23.7 Å². The Morgan fingerprint density at radius 2 is 1.54 bits per heavy atom. The Labute approximate surface area is 216 Å². The maximum absolute atomic E-state index is 14.2. The Bertz CT molecular complexity index is 1350. The van der Waals surface area contributed by atoms with E-state index in [-0.39, 0.29) is 30.7 Å². The van der Waals surface area contributed by atoms with Gasteiger partial charge in [-0.25, -0.2) is 8.78 Å². The van der Waals surface area contributed by atoms with Crippen LogP contribution in [0.4, 0.5) is 8.78 Å². The summed E-state index contributed by atoms with van der Waals surface area (Å²) in [4.78, 5) is 15.6. The normalized spacial score (nSPS) is 21.6. The molecule has 6 heteroatoms. The predicted octanol–water partition coefficient (Wildman–Crippen LogP) is 6.85. The highest BCUT2D eigenvalue weighted by Crippen LogP contribution is 2.35. The molecule has 0 radical (unpaired) electrons. The van der Waals surface area contributed by atoms with E-state index in [1.165, 1.54) is 12.2 Å². The number of fused-ring (bicyclic) bond motifs is 2. The van der Waals surface area contributed by atoms with Crippen LogP contribution in [-0.2, 0) is 0 Å². The molecule has 192 valence electrons. The zero-order valence-electron chi connectivity index (χ0n) is 21.3. The van der Waals surface area contributed by atoms with Crippen molar-refractivity contribution in [1.29, 1.82) is 0 Å². The third kappa shape index (κ3) is 5.53. The summed E-state index contributed by atoms with van der Waals surface area (Å²) in [5.74, 6) is 1.23. The molecule has 5 rings (SSSR count). The molecule has 3 aromatic carbocycles. The number of hydrogen-bond donors (Lipinski definition) is 0. The van der Waals surface area contributed by atoms with Crippen molar-refractivity contribution in [3.8, 4) is 11.5 Å². The minimum absolute atomic E-state index is 0.156. The molecule has 3 aromatic rings. The lowest BCUT2D eigenvalue weighted by Crippen LogP contribution is -2.49. The van der Waals surface area contributed by atoms with Crippen LogP contribution < -0.4 is 9.47 Å². The summed E-state index contributed by atoms with van der Waals surface area (Å²) in [5, 5.41) is 1.83. The van der Waals surface area contributed by atoms with Gasteiger partial charge < -0.3 is 14.4 Å². The minimum Gasteiger partial charge on any atom is -0.491 e.